The molecular formula is C14H12F2N4O2S. The summed E-state index contributed by atoms with van der Waals surface area (Å²) in [5.41, 5.74) is 0.518. The Balaban J connectivity index is 1.96. The Labute approximate surface area is 134 Å². The minimum Gasteiger partial charge on any atom is -0.466 e. The van der Waals surface area contributed by atoms with E-state index in [1.165, 1.54) is 16.4 Å². The van der Waals surface area contributed by atoms with Crippen LogP contribution in [0.3, 0.4) is 0 Å². The van der Waals surface area contributed by atoms with E-state index in [9.17, 15) is 13.6 Å². The third-order valence-corrected chi connectivity index (χ3v) is 4.03. The van der Waals surface area contributed by atoms with E-state index >= 15 is 0 Å². The smallest absolute Gasteiger partial charge is 0.311 e. The fourth-order valence-corrected chi connectivity index (χ4v) is 2.87. The average Bonchev–Trinajstić information content (AvgIpc) is 2.93. The minimum absolute atomic E-state index is 0.0313. The lowest BCUT2D eigenvalue weighted by Crippen LogP contribution is -2.18. The Hall–Kier alpha value is -2.29. The van der Waals surface area contributed by atoms with Crippen LogP contribution < -0.4 is 0 Å². The van der Waals surface area contributed by atoms with Crippen molar-refractivity contribution in [1.29, 1.82) is 0 Å². The lowest BCUT2D eigenvalue weighted by atomic mass is 10.2. The van der Waals surface area contributed by atoms with Crippen LogP contribution in [-0.4, -0.2) is 38.9 Å². The van der Waals surface area contributed by atoms with Gasteiger partial charge in [0.15, 0.2) is 5.82 Å². The minimum atomic E-state index is -0.626. The predicted octanol–water partition coefficient (Wildman–Crippen LogP) is 2.49. The number of nitrogens with zero attached hydrogens (tertiary/aromatic N) is 4. The van der Waals surface area contributed by atoms with Crippen LogP contribution in [0.1, 0.15) is 13.3 Å². The van der Waals surface area contributed by atoms with Gasteiger partial charge in [-0.3, -0.25) is 4.79 Å². The van der Waals surface area contributed by atoms with Crippen LogP contribution in [0.2, 0.25) is 0 Å². The van der Waals surface area contributed by atoms with E-state index in [0.717, 1.165) is 18.2 Å². The van der Waals surface area contributed by atoms with Crippen LogP contribution in [0.5, 0.6) is 0 Å². The molecule has 0 amide bonds. The van der Waals surface area contributed by atoms with Crippen molar-refractivity contribution in [3.05, 3.63) is 29.8 Å². The Morgan fingerprint density at radius 2 is 2.22 bits per heavy atom. The molecule has 1 aliphatic heterocycles. The van der Waals surface area contributed by atoms with Gasteiger partial charge in [-0.25, -0.2) is 8.78 Å². The maximum atomic E-state index is 13.9. The van der Waals surface area contributed by atoms with E-state index < -0.39 is 11.6 Å². The van der Waals surface area contributed by atoms with E-state index in [0.29, 0.717) is 16.6 Å². The zero-order valence-corrected chi connectivity index (χ0v) is 12.9. The van der Waals surface area contributed by atoms with Crippen molar-refractivity contribution in [2.45, 2.75) is 18.5 Å². The Kier molecular flexibility index (Phi) is 4.37. The third kappa shape index (κ3) is 3.24. The van der Waals surface area contributed by atoms with Crippen molar-refractivity contribution in [2.24, 2.45) is 5.10 Å². The van der Waals surface area contributed by atoms with E-state index in [-0.39, 0.29) is 30.4 Å². The first kappa shape index (κ1) is 15.6. The lowest BCUT2D eigenvalue weighted by molar-refractivity contribution is -0.141. The highest BCUT2D eigenvalue weighted by atomic mass is 32.2. The van der Waals surface area contributed by atoms with E-state index in [4.69, 9.17) is 4.74 Å². The van der Waals surface area contributed by atoms with Crippen LogP contribution in [0.15, 0.2) is 28.5 Å². The van der Waals surface area contributed by atoms with Crippen LogP contribution in [0, 0.1) is 11.6 Å². The molecule has 0 N–H and O–H groups in total. The standard InChI is InChI=1S/C14H12F2N4O2S/c1-2-22-12(21)6-9-7-23-14-18-17-13(20(14)19-9)10-5-8(15)3-4-11(10)16/h3-5H,2,6-7H2,1H3. The Morgan fingerprint density at radius 3 is 3.00 bits per heavy atom. The average molecular weight is 338 g/mol. The molecular weight excluding hydrogens is 326 g/mol. The molecule has 0 bridgehead atoms. The van der Waals surface area contributed by atoms with Crippen molar-refractivity contribution in [1.82, 2.24) is 14.9 Å². The van der Waals surface area contributed by atoms with Gasteiger partial charge < -0.3 is 4.74 Å². The first-order valence-electron chi connectivity index (χ1n) is 6.84. The van der Waals surface area contributed by atoms with Gasteiger partial charge in [0.25, 0.3) is 0 Å². The molecule has 0 unspecified atom stereocenters. The summed E-state index contributed by atoms with van der Waals surface area (Å²) >= 11 is 1.32. The number of halogens is 2. The first-order chi connectivity index (χ1) is 11.1. The van der Waals surface area contributed by atoms with Gasteiger partial charge in [0.1, 0.15) is 11.6 Å². The number of esters is 1. The normalized spacial score (nSPS) is 13.4. The molecule has 2 aromatic rings. The quantitative estimate of drug-likeness (QED) is 0.801. The van der Waals surface area contributed by atoms with Gasteiger partial charge in [-0.05, 0) is 25.1 Å². The Bertz CT molecular complexity index is 791. The molecule has 1 aromatic heterocycles. The summed E-state index contributed by atoms with van der Waals surface area (Å²) < 4.78 is 33.5. The second-order valence-corrected chi connectivity index (χ2v) is 5.62. The second kappa shape index (κ2) is 6.45. The monoisotopic (exact) mass is 338 g/mol. The van der Waals surface area contributed by atoms with E-state index in [2.05, 4.69) is 15.3 Å². The number of hydrogen-bond acceptors (Lipinski definition) is 6. The van der Waals surface area contributed by atoms with E-state index in [1.54, 1.807) is 6.92 Å². The third-order valence-electron chi connectivity index (χ3n) is 3.04. The summed E-state index contributed by atoms with van der Waals surface area (Å²) in [7, 11) is 0. The zero-order chi connectivity index (χ0) is 16.4. The van der Waals surface area contributed by atoms with Crippen molar-refractivity contribution in [3.8, 4) is 11.4 Å². The molecule has 120 valence electrons. The molecule has 0 fully saturated rings. The maximum Gasteiger partial charge on any atom is 0.311 e. The van der Waals surface area contributed by atoms with Gasteiger partial charge in [0.05, 0.1) is 24.3 Å². The molecule has 6 nitrogen and oxygen atoms in total. The first-order valence-corrected chi connectivity index (χ1v) is 7.83. The van der Waals surface area contributed by atoms with Crippen LogP contribution in [0.4, 0.5) is 8.78 Å². The van der Waals surface area contributed by atoms with Gasteiger partial charge in [0.2, 0.25) is 5.16 Å². The summed E-state index contributed by atoms with van der Waals surface area (Å²) in [6.45, 7) is 2.01. The highest BCUT2D eigenvalue weighted by molar-refractivity contribution is 7.99. The number of ether oxygens (including phenoxy) is 1. The number of carbonyl (C=O) groups excluding carboxylic acids is 1. The summed E-state index contributed by atoms with van der Waals surface area (Å²) in [6, 6.07) is 3.08. The molecule has 1 aliphatic rings. The van der Waals surface area contributed by atoms with Gasteiger partial charge >= 0.3 is 5.97 Å². The molecule has 0 atom stereocenters. The van der Waals surface area contributed by atoms with Gasteiger partial charge in [-0.1, -0.05) is 11.8 Å². The number of hydrogen-bond donors (Lipinski definition) is 0. The van der Waals surface area contributed by atoms with Gasteiger partial charge in [-0.2, -0.15) is 9.78 Å². The molecule has 2 heterocycles. The molecule has 23 heavy (non-hydrogen) atoms. The number of carbonyl (C=O) groups is 1. The van der Waals surface area contributed by atoms with Crippen molar-refractivity contribution >= 4 is 23.4 Å². The highest BCUT2D eigenvalue weighted by Crippen LogP contribution is 2.29. The predicted molar refractivity (Wildman–Crippen MR) is 80.2 cm³/mol. The van der Waals surface area contributed by atoms with Gasteiger partial charge in [0, 0.05) is 5.75 Å². The molecule has 0 saturated carbocycles. The summed E-state index contributed by atoms with van der Waals surface area (Å²) in [6.07, 6.45) is 0.0313. The fourth-order valence-electron chi connectivity index (χ4n) is 2.07. The molecule has 0 spiro atoms. The van der Waals surface area contributed by atoms with Crippen LogP contribution in [-0.2, 0) is 9.53 Å². The number of benzene rings is 1. The van der Waals surface area contributed by atoms with Crippen molar-refractivity contribution in [3.63, 3.8) is 0 Å². The molecule has 0 aliphatic carbocycles. The summed E-state index contributed by atoms with van der Waals surface area (Å²) in [5, 5.41) is 12.5. The van der Waals surface area contributed by atoms with Crippen molar-refractivity contribution in [2.75, 3.05) is 12.4 Å². The zero-order valence-electron chi connectivity index (χ0n) is 12.1. The summed E-state index contributed by atoms with van der Waals surface area (Å²) in [4.78, 5) is 11.6. The number of fused-ring (bicyclic) bond motifs is 1. The number of thioether (sulfide) groups is 1. The number of rotatable bonds is 4. The second-order valence-electron chi connectivity index (χ2n) is 4.68. The largest absolute Gasteiger partial charge is 0.466 e. The highest BCUT2D eigenvalue weighted by Gasteiger charge is 2.23. The van der Waals surface area contributed by atoms with Crippen LogP contribution >= 0.6 is 11.8 Å². The lowest BCUT2D eigenvalue weighted by Gasteiger charge is -2.13. The maximum absolute atomic E-state index is 13.9. The molecule has 0 saturated heterocycles. The van der Waals surface area contributed by atoms with Crippen molar-refractivity contribution < 1.29 is 18.3 Å². The van der Waals surface area contributed by atoms with Gasteiger partial charge in [-0.15, -0.1) is 10.2 Å². The summed E-state index contributed by atoms with van der Waals surface area (Å²) in [5.74, 6) is -1.05. The molecule has 0 radical (unpaired) electrons. The molecule has 3 rings (SSSR count). The molecule has 9 heteroatoms. The topological polar surface area (TPSA) is 69.4 Å². The number of aromatic nitrogens is 3. The fraction of sp³-hybridized carbons (Fsp3) is 0.286. The molecule has 1 aromatic carbocycles. The van der Waals surface area contributed by atoms with E-state index in [1.807, 2.05) is 0 Å². The Morgan fingerprint density at radius 1 is 1.39 bits per heavy atom. The van der Waals surface area contributed by atoms with Crippen LogP contribution in [0.25, 0.3) is 11.4 Å². The SMILES string of the molecule is CCOC(=O)CC1=Nn2c(nnc2-c2cc(F)ccc2F)SC1.